The van der Waals surface area contributed by atoms with Crippen molar-refractivity contribution >= 4 is 6.08 Å². The summed E-state index contributed by atoms with van der Waals surface area (Å²) in [6.45, 7) is 1.35. The molecule has 130 valence electrons. The molecular formula is C17H26O6. The van der Waals surface area contributed by atoms with Crippen LogP contribution in [0, 0.1) is 0 Å². The van der Waals surface area contributed by atoms with Crippen LogP contribution >= 0.6 is 0 Å². The quantitative estimate of drug-likeness (QED) is 0.365. The van der Waals surface area contributed by atoms with Gasteiger partial charge in [-0.05, 0) is 30.0 Å². The van der Waals surface area contributed by atoms with Crippen LogP contribution in [0.15, 0.2) is 30.0 Å². The van der Waals surface area contributed by atoms with Gasteiger partial charge in [0.1, 0.15) is 30.2 Å². The maximum absolute atomic E-state index is 9.85. The molecule has 0 heterocycles. The van der Waals surface area contributed by atoms with E-state index in [1.165, 1.54) is 11.6 Å². The number of hydrogen-bond acceptors (Lipinski definition) is 6. The summed E-state index contributed by atoms with van der Waals surface area (Å²) >= 11 is 0. The summed E-state index contributed by atoms with van der Waals surface area (Å²) in [6.07, 6.45) is -2.53. The Hall–Kier alpha value is -1.44. The van der Waals surface area contributed by atoms with Crippen molar-refractivity contribution in [2.45, 2.75) is 50.6 Å². The van der Waals surface area contributed by atoms with Crippen LogP contribution in [-0.2, 0) is 6.42 Å². The van der Waals surface area contributed by atoms with E-state index in [-0.39, 0.29) is 0 Å². The molecule has 1 aromatic carbocycles. The second-order valence-corrected chi connectivity index (χ2v) is 5.59. The van der Waals surface area contributed by atoms with E-state index in [2.05, 4.69) is 6.92 Å². The molecule has 1 rings (SSSR count). The van der Waals surface area contributed by atoms with Crippen LogP contribution in [0.5, 0.6) is 0 Å². The predicted octanol–water partition coefficient (Wildman–Crippen LogP) is 0.364. The molecule has 0 spiro atoms. The maximum Gasteiger partial charge on any atom is 0.139 e. The van der Waals surface area contributed by atoms with Crippen molar-refractivity contribution in [1.82, 2.24) is 0 Å². The Labute approximate surface area is 136 Å². The average Bonchev–Trinajstić information content (AvgIpc) is 2.58. The first-order chi connectivity index (χ1) is 10.9. The first kappa shape index (κ1) is 19.6. The highest BCUT2D eigenvalue weighted by atomic mass is 16.4. The highest BCUT2D eigenvalue weighted by molar-refractivity contribution is 5.52. The third-order valence-corrected chi connectivity index (χ3v) is 3.67. The number of hydrogen-bond donors (Lipinski definition) is 6. The average molecular weight is 326 g/mol. The van der Waals surface area contributed by atoms with Gasteiger partial charge in [-0.15, -0.1) is 0 Å². The Morgan fingerprint density at radius 2 is 1.65 bits per heavy atom. The van der Waals surface area contributed by atoms with Crippen LogP contribution in [0.3, 0.4) is 0 Å². The molecule has 0 aliphatic carbocycles. The molecule has 0 aliphatic heterocycles. The van der Waals surface area contributed by atoms with Crippen molar-refractivity contribution in [2.75, 3.05) is 6.61 Å². The molecule has 0 saturated carbocycles. The van der Waals surface area contributed by atoms with Gasteiger partial charge in [-0.1, -0.05) is 37.6 Å². The molecule has 1 aromatic rings. The highest BCUT2D eigenvalue weighted by Crippen LogP contribution is 2.15. The van der Waals surface area contributed by atoms with Crippen LogP contribution < -0.4 is 0 Å². The van der Waals surface area contributed by atoms with E-state index in [1.54, 1.807) is 12.1 Å². The van der Waals surface area contributed by atoms with Gasteiger partial charge in [0.2, 0.25) is 0 Å². The van der Waals surface area contributed by atoms with Crippen LogP contribution in [0.25, 0.3) is 6.08 Å². The lowest BCUT2D eigenvalue weighted by molar-refractivity contribution is -0.112. The Bertz CT molecular complexity index is 484. The second-order valence-electron chi connectivity index (χ2n) is 5.59. The van der Waals surface area contributed by atoms with Crippen molar-refractivity contribution in [3.63, 3.8) is 0 Å². The Kier molecular flexibility index (Phi) is 8.22. The SMILES string of the molecule is CCCCc1ccc(C=C(O)C(O)C(O)C(O)C(O)CO)cc1. The molecule has 0 bridgehead atoms. The molecule has 4 unspecified atom stereocenters. The van der Waals surface area contributed by atoms with Gasteiger partial charge in [0, 0.05) is 0 Å². The normalized spacial score (nSPS) is 17.6. The summed E-state index contributed by atoms with van der Waals surface area (Å²) in [5.41, 5.74) is 1.80. The van der Waals surface area contributed by atoms with E-state index >= 15 is 0 Å². The van der Waals surface area contributed by atoms with E-state index < -0.39 is 36.8 Å². The van der Waals surface area contributed by atoms with Gasteiger partial charge in [0.15, 0.2) is 0 Å². The van der Waals surface area contributed by atoms with E-state index in [0.29, 0.717) is 5.56 Å². The molecule has 0 radical (unpaired) electrons. The number of benzene rings is 1. The zero-order valence-corrected chi connectivity index (χ0v) is 13.2. The van der Waals surface area contributed by atoms with Crippen molar-refractivity contribution in [1.29, 1.82) is 0 Å². The fraction of sp³-hybridized carbons (Fsp3) is 0.529. The first-order valence-electron chi connectivity index (χ1n) is 7.73. The standard InChI is InChI=1S/C17H26O6/c1-2-3-4-11-5-7-12(8-6-11)9-13(19)15(21)17(23)16(22)14(20)10-18/h5-9,14-23H,2-4,10H2,1H3. The largest absolute Gasteiger partial charge is 0.509 e. The molecule has 23 heavy (non-hydrogen) atoms. The molecular weight excluding hydrogens is 300 g/mol. The molecule has 0 aliphatic rings. The molecule has 0 saturated heterocycles. The van der Waals surface area contributed by atoms with Gasteiger partial charge in [0.25, 0.3) is 0 Å². The lowest BCUT2D eigenvalue weighted by Crippen LogP contribution is -2.46. The monoisotopic (exact) mass is 326 g/mol. The summed E-state index contributed by atoms with van der Waals surface area (Å²) in [5.74, 6) is -0.539. The van der Waals surface area contributed by atoms with Gasteiger partial charge >= 0.3 is 0 Å². The van der Waals surface area contributed by atoms with Crippen molar-refractivity contribution in [3.8, 4) is 0 Å². The number of aliphatic hydroxyl groups is 6. The molecule has 0 amide bonds. The second kappa shape index (κ2) is 9.64. The topological polar surface area (TPSA) is 121 Å². The zero-order chi connectivity index (χ0) is 17.4. The van der Waals surface area contributed by atoms with Gasteiger partial charge in [-0.25, -0.2) is 0 Å². The minimum Gasteiger partial charge on any atom is -0.509 e. The number of rotatable bonds is 9. The summed E-state index contributed by atoms with van der Waals surface area (Å²) < 4.78 is 0. The lowest BCUT2D eigenvalue weighted by atomic mass is 10.0. The molecule has 6 heteroatoms. The fourth-order valence-electron chi connectivity index (χ4n) is 2.11. The number of unbranched alkanes of at least 4 members (excludes halogenated alkanes) is 1. The third-order valence-electron chi connectivity index (χ3n) is 3.67. The van der Waals surface area contributed by atoms with E-state index in [0.717, 1.165) is 19.3 Å². The van der Waals surface area contributed by atoms with Gasteiger partial charge < -0.3 is 30.6 Å². The summed E-state index contributed by atoms with van der Waals surface area (Å²) in [4.78, 5) is 0. The van der Waals surface area contributed by atoms with Gasteiger partial charge in [-0.2, -0.15) is 0 Å². The Balaban J connectivity index is 2.74. The molecule has 4 atom stereocenters. The fourth-order valence-corrected chi connectivity index (χ4v) is 2.11. The Morgan fingerprint density at radius 1 is 1.04 bits per heavy atom. The maximum atomic E-state index is 9.85. The van der Waals surface area contributed by atoms with Gasteiger partial charge in [0.05, 0.1) is 6.61 Å². The van der Waals surface area contributed by atoms with E-state index in [1.807, 2.05) is 12.1 Å². The molecule has 0 aromatic heterocycles. The van der Waals surface area contributed by atoms with Crippen LogP contribution in [0.1, 0.15) is 30.9 Å². The van der Waals surface area contributed by atoms with E-state index in [9.17, 15) is 25.5 Å². The van der Waals surface area contributed by atoms with E-state index in [4.69, 9.17) is 5.11 Å². The number of aliphatic hydroxyl groups excluding tert-OH is 6. The van der Waals surface area contributed by atoms with Crippen LogP contribution in [0.2, 0.25) is 0 Å². The van der Waals surface area contributed by atoms with Crippen molar-refractivity contribution in [3.05, 3.63) is 41.2 Å². The number of aryl methyl sites for hydroxylation is 1. The summed E-state index contributed by atoms with van der Waals surface area (Å²) in [6, 6.07) is 7.39. The molecule has 0 fully saturated rings. The smallest absolute Gasteiger partial charge is 0.139 e. The van der Waals surface area contributed by atoms with Crippen molar-refractivity contribution < 1.29 is 30.6 Å². The third kappa shape index (κ3) is 5.93. The van der Waals surface area contributed by atoms with Gasteiger partial charge in [-0.3, -0.25) is 0 Å². The van der Waals surface area contributed by atoms with Crippen molar-refractivity contribution in [2.24, 2.45) is 0 Å². The first-order valence-corrected chi connectivity index (χ1v) is 7.73. The molecule has 6 N–H and O–H groups in total. The Morgan fingerprint density at radius 3 is 2.17 bits per heavy atom. The lowest BCUT2D eigenvalue weighted by Gasteiger charge is -2.25. The molecule has 6 nitrogen and oxygen atoms in total. The summed E-state index contributed by atoms with van der Waals surface area (Å²) in [7, 11) is 0. The van der Waals surface area contributed by atoms with Crippen LogP contribution in [0.4, 0.5) is 0 Å². The highest BCUT2D eigenvalue weighted by Gasteiger charge is 2.32. The van der Waals surface area contributed by atoms with Crippen LogP contribution in [-0.4, -0.2) is 61.7 Å². The predicted molar refractivity (Wildman–Crippen MR) is 86.8 cm³/mol. The summed E-state index contributed by atoms with van der Waals surface area (Å²) in [5, 5.41) is 56.9. The minimum absolute atomic E-state index is 0.539. The minimum atomic E-state index is -1.82. The zero-order valence-electron chi connectivity index (χ0n) is 13.2.